The Hall–Kier alpha value is -1.17. The molecular formula is C13H17N3OS. The van der Waals surface area contributed by atoms with Gasteiger partial charge < -0.3 is 10.4 Å². The van der Waals surface area contributed by atoms with Crippen LogP contribution in [0.5, 0.6) is 0 Å². The van der Waals surface area contributed by atoms with Crippen molar-refractivity contribution in [3.05, 3.63) is 29.3 Å². The van der Waals surface area contributed by atoms with Crippen molar-refractivity contribution in [2.75, 3.05) is 6.54 Å². The second-order valence-corrected chi connectivity index (χ2v) is 5.82. The highest BCUT2D eigenvalue weighted by atomic mass is 32.1. The number of aliphatic hydroxyl groups excluding tert-OH is 1. The molecule has 3 N–H and O–H groups in total. The van der Waals surface area contributed by atoms with Crippen LogP contribution in [-0.4, -0.2) is 28.0 Å². The molecule has 1 aliphatic carbocycles. The second-order valence-electron chi connectivity index (χ2n) is 4.87. The zero-order valence-corrected chi connectivity index (χ0v) is 10.9. The molecule has 5 heteroatoms. The van der Waals surface area contributed by atoms with Crippen LogP contribution < -0.4 is 5.32 Å². The Balaban J connectivity index is 1.55. The number of aliphatic hydroxyl groups is 1. The van der Waals surface area contributed by atoms with Gasteiger partial charge in [-0.15, -0.1) is 11.3 Å². The highest BCUT2D eigenvalue weighted by Gasteiger charge is 2.26. The van der Waals surface area contributed by atoms with Gasteiger partial charge in [0.1, 0.15) is 0 Å². The molecule has 1 fully saturated rings. The van der Waals surface area contributed by atoms with E-state index >= 15 is 0 Å². The van der Waals surface area contributed by atoms with Crippen molar-refractivity contribution in [3.8, 4) is 10.6 Å². The second kappa shape index (κ2) is 5.22. The molecule has 0 spiro atoms. The fourth-order valence-corrected chi connectivity index (χ4v) is 3.11. The van der Waals surface area contributed by atoms with Crippen LogP contribution in [0, 0.1) is 5.92 Å². The van der Waals surface area contributed by atoms with Crippen LogP contribution in [0.4, 0.5) is 0 Å². The normalized spacial score (nSPS) is 22.9. The summed E-state index contributed by atoms with van der Waals surface area (Å²) < 4.78 is 0. The van der Waals surface area contributed by atoms with Crippen molar-refractivity contribution in [3.63, 3.8) is 0 Å². The number of nitrogens with one attached hydrogen (secondary N) is 2. The molecule has 0 aliphatic heterocycles. The van der Waals surface area contributed by atoms with Gasteiger partial charge in [0.2, 0.25) is 0 Å². The van der Waals surface area contributed by atoms with Crippen LogP contribution in [0.3, 0.4) is 0 Å². The van der Waals surface area contributed by atoms with Gasteiger partial charge in [0.05, 0.1) is 22.9 Å². The van der Waals surface area contributed by atoms with Gasteiger partial charge >= 0.3 is 0 Å². The predicted octanol–water partition coefficient (Wildman–Crippen LogP) is 2.00. The van der Waals surface area contributed by atoms with Gasteiger partial charge in [0, 0.05) is 12.1 Å². The van der Waals surface area contributed by atoms with Gasteiger partial charge in [-0.3, -0.25) is 5.10 Å². The molecule has 1 aliphatic rings. The average Bonchev–Trinajstić information content (AvgIpc) is 2.96. The number of hydrogen-bond acceptors (Lipinski definition) is 4. The van der Waals surface area contributed by atoms with Gasteiger partial charge in [-0.25, -0.2) is 0 Å². The van der Waals surface area contributed by atoms with E-state index in [2.05, 4.69) is 27.0 Å². The maximum atomic E-state index is 9.23. The van der Waals surface area contributed by atoms with Gasteiger partial charge in [0.25, 0.3) is 0 Å². The van der Waals surface area contributed by atoms with E-state index in [1.807, 2.05) is 12.3 Å². The minimum Gasteiger partial charge on any atom is -0.393 e. The first kappa shape index (κ1) is 11.9. The molecule has 0 unspecified atom stereocenters. The zero-order valence-electron chi connectivity index (χ0n) is 10.1. The molecule has 0 saturated heterocycles. The van der Waals surface area contributed by atoms with Crippen molar-refractivity contribution in [2.45, 2.75) is 25.5 Å². The summed E-state index contributed by atoms with van der Waals surface area (Å²) in [5.41, 5.74) is 2.32. The number of rotatable bonds is 5. The molecule has 1 saturated carbocycles. The van der Waals surface area contributed by atoms with E-state index in [0.717, 1.165) is 31.6 Å². The van der Waals surface area contributed by atoms with Gasteiger partial charge in [-0.2, -0.15) is 5.10 Å². The molecule has 0 radical (unpaired) electrons. The Morgan fingerprint density at radius 2 is 2.39 bits per heavy atom. The number of nitrogens with zero attached hydrogens (tertiary/aromatic N) is 1. The summed E-state index contributed by atoms with van der Waals surface area (Å²) in [7, 11) is 0. The molecule has 0 amide bonds. The Bertz CT molecular complexity index is 488. The van der Waals surface area contributed by atoms with Crippen LogP contribution in [0.1, 0.15) is 18.4 Å². The molecule has 96 valence electrons. The Morgan fingerprint density at radius 1 is 1.50 bits per heavy atom. The summed E-state index contributed by atoms with van der Waals surface area (Å²) in [6.45, 7) is 1.81. The lowest BCUT2D eigenvalue weighted by Crippen LogP contribution is -2.35. The number of aromatic nitrogens is 2. The van der Waals surface area contributed by atoms with E-state index in [-0.39, 0.29) is 6.10 Å². The third-order valence-electron chi connectivity index (χ3n) is 3.44. The third kappa shape index (κ3) is 2.48. The van der Waals surface area contributed by atoms with Gasteiger partial charge in [-0.1, -0.05) is 6.07 Å². The first-order valence-electron chi connectivity index (χ1n) is 6.28. The van der Waals surface area contributed by atoms with Crippen molar-refractivity contribution < 1.29 is 5.11 Å². The molecule has 18 heavy (non-hydrogen) atoms. The molecular weight excluding hydrogens is 246 g/mol. The summed E-state index contributed by atoms with van der Waals surface area (Å²) >= 11 is 1.72. The van der Waals surface area contributed by atoms with E-state index in [1.54, 1.807) is 11.3 Å². The van der Waals surface area contributed by atoms with Crippen molar-refractivity contribution in [2.24, 2.45) is 5.92 Å². The van der Waals surface area contributed by atoms with E-state index in [4.69, 9.17) is 0 Å². The summed E-state index contributed by atoms with van der Waals surface area (Å²) in [6.07, 6.45) is 3.71. The molecule has 3 rings (SSSR count). The van der Waals surface area contributed by atoms with Crippen LogP contribution in [0.25, 0.3) is 10.6 Å². The standard InChI is InChI=1S/C13H17N3OS/c17-11-4-9(5-11)6-14-7-10-8-15-16-13(10)12-2-1-3-18-12/h1-3,8-9,11,14,17H,4-7H2,(H,15,16). The third-order valence-corrected chi connectivity index (χ3v) is 4.33. The number of aromatic amines is 1. The Morgan fingerprint density at radius 3 is 3.11 bits per heavy atom. The molecule has 4 nitrogen and oxygen atoms in total. The van der Waals surface area contributed by atoms with Crippen molar-refractivity contribution in [1.82, 2.24) is 15.5 Å². The molecule has 2 aromatic heterocycles. The highest BCUT2D eigenvalue weighted by molar-refractivity contribution is 7.13. The summed E-state index contributed by atoms with van der Waals surface area (Å²) in [5.74, 6) is 0.636. The predicted molar refractivity (Wildman–Crippen MR) is 72.3 cm³/mol. The topological polar surface area (TPSA) is 60.9 Å². The highest BCUT2D eigenvalue weighted by Crippen LogP contribution is 2.27. The lowest BCUT2D eigenvalue weighted by Gasteiger charge is -2.31. The monoisotopic (exact) mass is 263 g/mol. The van der Waals surface area contributed by atoms with Crippen LogP contribution in [0.2, 0.25) is 0 Å². The van der Waals surface area contributed by atoms with Crippen LogP contribution in [-0.2, 0) is 6.54 Å². The maximum Gasteiger partial charge on any atom is 0.0794 e. The zero-order chi connectivity index (χ0) is 12.4. The smallest absolute Gasteiger partial charge is 0.0794 e. The Labute approximate surface area is 110 Å². The van der Waals surface area contributed by atoms with Gasteiger partial charge in [-0.05, 0) is 36.8 Å². The van der Waals surface area contributed by atoms with Crippen molar-refractivity contribution >= 4 is 11.3 Å². The van der Waals surface area contributed by atoms with E-state index < -0.39 is 0 Å². The van der Waals surface area contributed by atoms with E-state index in [0.29, 0.717) is 5.92 Å². The van der Waals surface area contributed by atoms with Crippen molar-refractivity contribution in [1.29, 1.82) is 0 Å². The SMILES string of the molecule is OC1CC(CNCc2cn[nH]c2-c2cccs2)C1. The average molecular weight is 263 g/mol. The first-order chi connectivity index (χ1) is 8.83. The lowest BCUT2D eigenvalue weighted by atomic mass is 9.82. The van der Waals surface area contributed by atoms with Crippen LogP contribution >= 0.6 is 11.3 Å². The number of hydrogen-bond donors (Lipinski definition) is 3. The minimum atomic E-state index is -0.0626. The summed E-state index contributed by atoms with van der Waals surface area (Å²) in [5, 5.41) is 21.9. The van der Waals surface area contributed by atoms with E-state index in [1.165, 1.54) is 10.4 Å². The molecule has 0 aromatic carbocycles. The molecule has 2 aromatic rings. The summed E-state index contributed by atoms with van der Waals surface area (Å²) in [4.78, 5) is 1.23. The molecule has 0 atom stereocenters. The molecule has 2 heterocycles. The Kier molecular flexibility index (Phi) is 3.45. The summed E-state index contributed by atoms with van der Waals surface area (Å²) in [6, 6.07) is 4.15. The lowest BCUT2D eigenvalue weighted by molar-refractivity contribution is 0.0430. The number of H-pyrrole nitrogens is 1. The van der Waals surface area contributed by atoms with Gasteiger partial charge in [0.15, 0.2) is 0 Å². The minimum absolute atomic E-state index is 0.0626. The largest absolute Gasteiger partial charge is 0.393 e. The fraction of sp³-hybridized carbons (Fsp3) is 0.462. The molecule has 0 bridgehead atoms. The number of thiophene rings is 1. The fourth-order valence-electron chi connectivity index (χ4n) is 2.36. The van der Waals surface area contributed by atoms with Crippen LogP contribution in [0.15, 0.2) is 23.7 Å². The maximum absolute atomic E-state index is 9.23. The van der Waals surface area contributed by atoms with E-state index in [9.17, 15) is 5.11 Å². The quantitative estimate of drug-likeness (QED) is 0.773. The first-order valence-corrected chi connectivity index (χ1v) is 7.16.